The molecule has 0 bridgehead atoms. The molecule has 3 amide bonds. The Kier molecular flexibility index (Phi) is 7.06. The van der Waals surface area contributed by atoms with Gasteiger partial charge < -0.3 is 20.5 Å². The lowest BCUT2D eigenvalue weighted by Crippen LogP contribution is -2.37. The fraction of sp³-hybridized carbons (Fsp3) is 0.481. The van der Waals surface area contributed by atoms with Crippen LogP contribution in [0.5, 0.6) is 0 Å². The summed E-state index contributed by atoms with van der Waals surface area (Å²) in [5.74, 6) is 0.679. The van der Waals surface area contributed by atoms with Crippen molar-refractivity contribution in [1.82, 2.24) is 20.1 Å². The summed E-state index contributed by atoms with van der Waals surface area (Å²) in [5.41, 5.74) is 7.94. The first-order valence-electron chi connectivity index (χ1n) is 13.1. The van der Waals surface area contributed by atoms with Crippen LogP contribution in [0, 0.1) is 0 Å². The number of fused-ring (bicyclic) bond motifs is 1. The van der Waals surface area contributed by atoms with E-state index >= 15 is 0 Å². The van der Waals surface area contributed by atoms with Gasteiger partial charge in [-0.1, -0.05) is 25.3 Å². The molecule has 3 N–H and O–H groups in total. The first-order valence-corrected chi connectivity index (χ1v) is 13.1. The number of hydrogen-bond donors (Lipinski definition) is 2. The van der Waals surface area contributed by atoms with Gasteiger partial charge in [0, 0.05) is 43.3 Å². The summed E-state index contributed by atoms with van der Waals surface area (Å²) in [7, 11) is 0. The number of hydrogen-bond acceptors (Lipinski definition) is 5. The van der Waals surface area contributed by atoms with Gasteiger partial charge in [0.2, 0.25) is 0 Å². The Morgan fingerprint density at radius 1 is 1.03 bits per heavy atom. The molecule has 3 aromatic rings. The monoisotopic (exact) mass is 489 g/mol. The minimum Gasteiger partial charge on any atom is -0.355 e. The Balaban J connectivity index is 1.23. The smallest absolute Gasteiger partial charge is 0.319 e. The van der Waals surface area contributed by atoms with Gasteiger partial charge >= 0.3 is 6.03 Å². The third-order valence-electron chi connectivity index (χ3n) is 7.62. The third-order valence-corrected chi connectivity index (χ3v) is 7.62. The topological polar surface area (TPSA) is 109 Å². The quantitative estimate of drug-likeness (QED) is 0.538. The molecule has 0 atom stereocenters. The Hall–Kier alpha value is -3.62. The van der Waals surface area contributed by atoms with Crippen LogP contribution >= 0.6 is 0 Å². The van der Waals surface area contributed by atoms with Gasteiger partial charge in [-0.2, -0.15) is 0 Å². The molecule has 0 unspecified atom stereocenters. The SMILES string of the molecule is CCN(C(N)=O)c1cccc2c1ccn2C1CCN(c2ccc(C(=O)NC3CCCCC3)nn2)CC1. The molecule has 9 nitrogen and oxygen atoms in total. The van der Waals surface area contributed by atoms with Crippen molar-refractivity contribution in [1.29, 1.82) is 0 Å². The first kappa shape index (κ1) is 24.1. The maximum absolute atomic E-state index is 12.5. The fourth-order valence-electron chi connectivity index (χ4n) is 5.67. The Labute approximate surface area is 211 Å². The molecule has 2 aromatic heterocycles. The second-order valence-corrected chi connectivity index (χ2v) is 9.82. The highest BCUT2D eigenvalue weighted by atomic mass is 16.2. The predicted molar refractivity (Wildman–Crippen MR) is 141 cm³/mol. The second kappa shape index (κ2) is 10.6. The lowest BCUT2D eigenvalue weighted by Gasteiger charge is -2.33. The molecule has 2 fully saturated rings. The van der Waals surface area contributed by atoms with Crippen molar-refractivity contribution in [2.45, 2.75) is 64.0 Å². The van der Waals surface area contributed by atoms with Gasteiger partial charge in [-0.15, -0.1) is 10.2 Å². The largest absolute Gasteiger partial charge is 0.355 e. The molecular formula is C27H35N7O2. The van der Waals surface area contributed by atoms with Crippen LogP contribution in [0.2, 0.25) is 0 Å². The number of benzene rings is 1. The number of piperidine rings is 1. The molecule has 1 saturated carbocycles. The van der Waals surface area contributed by atoms with Crippen molar-refractivity contribution in [2.75, 3.05) is 29.4 Å². The van der Waals surface area contributed by atoms with Crippen molar-refractivity contribution < 1.29 is 9.59 Å². The number of carbonyl (C=O) groups excluding carboxylic acids is 2. The standard InChI is InChI=1S/C27H35N7O2/c1-2-33(27(28)36)23-9-6-10-24-21(23)15-18-34(24)20-13-16-32(17-14-20)25-12-11-22(30-31-25)26(35)29-19-7-4-3-5-8-19/h6,9-12,15,18-20H,2-5,7-8,13-14,16-17H2,1H3,(H2,28,36)(H,29,35). The molecule has 0 spiro atoms. The number of amides is 3. The van der Waals surface area contributed by atoms with Gasteiger partial charge in [0.15, 0.2) is 11.5 Å². The summed E-state index contributed by atoms with van der Waals surface area (Å²) >= 11 is 0. The highest BCUT2D eigenvalue weighted by molar-refractivity contribution is 6.02. The molecule has 1 aliphatic heterocycles. The van der Waals surface area contributed by atoms with E-state index in [1.54, 1.807) is 11.0 Å². The number of primary amides is 1. The van der Waals surface area contributed by atoms with Crippen LogP contribution in [0.15, 0.2) is 42.6 Å². The molecule has 9 heteroatoms. The van der Waals surface area contributed by atoms with Crippen LogP contribution < -0.4 is 20.9 Å². The highest BCUT2D eigenvalue weighted by Crippen LogP contribution is 2.33. The molecule has 190 valence electrons. The van der Waals surface area contributed by atoms with Gasteiger partial charge in [0.05, 0.1) is 11.2 Å². The van der Waals surface area contributed by atoms with Gasteiger partial charge in [0.1, 0.15) is 0 Å². The molecule has 3 heterocycles. The van der Waals surface area contributed by atoms with E-state index in [1.807, 2.05) is 25.1 Å². The average molecular weight is 490 g/mol. The summed E-state index contributed by atoms with van der Waals surface area (Å²) in [4.78, 5) is 28.3. The van der Waals surface area contributed by atoms with Gasteiger partial charge in [0.25, 0.3) is 5.91 Å². The highest BCUT2D eigenvalue weighted by Gasteiger charge is 2.24. The third kappa shape index (κ3) is 4.87. The van der Waals surface area contributed by atoms with E-state index in [-0.39, 0.29) is 11.9 Å². The zero-order valence-electron chi connectivity index (χ0n) is 20.9. The number of urea groups is 1. The lowest BCUT2D eigenvalue weighted by molar-refractivity contribution is 0.0921. The number of carbonyl (C=O) groups is 2. The summed E-state index contributed by atoms with van der Waals surface area (Å²) < 4.78 is 2.31. The van der Waals surface area contributed by atoms with E-state index in [2.05, 4.69) is 43.3 Å². The number of anilines is 2. The Morgan fingerprint density at radius 2 is 1.81 bits per heavy atom. The number of aromatic nitrogens is 3. The summed E-state index contributed by atoms with van der Waals surface area (Å²) in [5, 5.41) is 12.7. The average Bonchev–Trinajstić information content (AvgIpc) is 3.35. The van der Waals surface area contributed by atoms with E-state index in [0.29, 0.717) is 18.3 Å². The Bertz CT molecular complexity index is 1210. The van der Waals surface area contributed by atoms with Gasteiger partial charge in [-0.25, -0.2) is 4.79 Å². The van der Waals surface area contributed by atoms with Crippen LogP contribution in [0.3, 0.4) is 0 Å². The van der Waals surface area contributed by atoms with Crippen molar-refractivity contribution in [3.05, 3.63) is 48.3 Å². The minimum atomic E-state index is -0.440. The van der Waals surface area contributed by atoms with Crippen molar-refractivity contribution in [3.8, 4) is 0 Å². The summed E-state index contributed by atoms with van der Waals surface area (Å²) in [6.45, 7) is 4.17. The number of nitrogens with zero attached hydrogens (tertiary/aromatic N) is 5. The van der Waals surface area contributed by atoms with Crippen molar-refractivity contribution in [2.24, 2.45) is 5.73 Å². The van der Waals surface area contributed by atoms with Gasteiger partial charge in [-0.3, -0.25) is 9.69 Å². The molecule has 5 rings (SSSR count). The fourth-order valence-corrected chi connectivity index (χ4v) is 5.67. The van der Waals surface area contributed by atoms with Crippen molar-refractivity contribution >= 4 is 34.3 Å². The summed E-state index contributed by atoms with van der Waals surface area (Å²) in [6, 6.07) is 12.0. The molecule has 2 aliphatic rings. The maximum Gasteiger partial charge on any atom is 0.319 e. The van der Waals surface area contributed by atoms with Crippen LogP contribution in [0.25, 0.3) is 10.9 Å². The van der Waals surface area contributed by atoms with Crippen LogP contribution in [0.4, 0.5) is 16.3 Å². The maximum atomic E-state index is 12.5. The Morgan fingerprint density at radius 3 is 2.47 bits per heavy atom. The molecule has 1 aliphatic carbocycles. The van der Waals surface area contributed by atoms with E-state index < -0.39 is 6.03 Å². The van der Waals surface area contributed by atoms with Gasteiger partial charge in [-0.05, 0) is 62.9 Å². The van der Waals surface area contributed by atoms with Crippen LogP contribution in [-0.4, -0.2) is 52.4 Å². The number of nitrogens with one attached hydrogen (secondary N) is 1. The lowest BCUT2D eigenvalue weighted by atomic mass is 9.95. The zero-order chi connectivity index (χ0) is 25.1. The predicted octanol–water partition coefficient (Wildman–Crippen LogP) is 4.24. The molecule has 1 aromatic carbocycles. The van der Waals surface area contributed by atoms with E-state index in [0.717, 1.165) is 61.2 Å². The van der Waals surface area contributed by atoms with E-state index in [4.69, 9.17) is 5.73 Å². The van der Waals surface area contributed by atoms with Crippen LogP contribution in [0.1, 0.15) is 68.4 Å². The molecule has 0 radical (unpaired) electrons. The normalized spacial score (nSPS) is 17.3. The molecule has 36 heavy (non-hydrogen) atoms. The van der Waals surface area contributed by atoms with Crippen molar-refractivity contribution in [3.63, 3.8) is 0 Å². The number of nitrogens with two attached hydrogens (primary N) is 1. The van der Waals surface area contributed by atoms with Crippen LogP contribution in [-0.2, 0) is 0 Å². The second-order valence-electron chi connectivity index (χ2n) is 9.82. The minimum absolute atomic E-state index is 0.128. The first-order chi connectivity index (χ1) is 17.5. The molecule has 1 saturated heterocycles. The van der Waals surface area contributed by atoms with E-state index in [1.165, 1.54) is 19.3 Å². The van der Waals surface area contributed by atoms with E-state index in [9.17, 15) is 9.59 Å². The zero-order valence-corrected chi connectivity index (χ0v) is 20.9. The number of rotatable bonds is 6. The summed E-state index contributed by atoms with van der Waals surface area (Å²) in [6.07, 6.45) is 9.75. The molecular weight excluding hydrogens is 454 g/mol.